The van der Waals surface area contributed by atoms with Crippen LogP contribution in [0.25, 0.3) is 0 Å². The molecule has 1 N–H and O–H groups in total. The van der Waals surface area contributed by atoms with Gasteiger partial charge in [-0.1, -0.05) is 6.07 Å². The first-order chi connectivity index (χ1) is 7.26. The molecule has 15 heavy (non-hydrogen) atoms. The topological polar surface area (TPSA) is 33.1 Å². The summed E-state index contributed by atoms with van der Waals surface area (Å²) >= 11 is 2.06. The molecule has 3 heteroatoms. The molecule has 2 aliphatic rings. The molecule has 2 saturated heterocycles. The van der Waals surface area contributed by atoms with Crippen molar-refractivity contribution < 1.29 is 5.11 Å². The zero-order chi connectivity index (χ0) is 10.3. The molecule has 0 amide bonds. The van der Waals surface area contributed by atoms with Crippen molar-refractivity contribution in [2.45, 2.75) is 41.8 Å². The number of pyridine rings is 1. The van der Waals surface area contributed by atoms with E-state index in [1.807, 2.05) is 18.2 Å². The van der Waals surface area contributed by atoms with E-state index >= 15 is 0 Å². The third kappa shape index (κ3) is 1.68. The lowest BCUT2D eigenvalue weighted by molar-refractivity contribution is 0.0154. The van der Waals surface area contributed by atoms with Crippen molar-refractivity contribution >= 4 is 11.8 Å². The van der Waals surface area contributed by atoms with Crippen molar-refractivity contribution in [3.8, 4) is 0 Å². The van der Waals surface area contributed by atoms with Gasteiger partial charge in [-0.05, 0) is 37.8 Å². The van der Waals surface area contributed by atoms with Gasteiger partial charge in [0.15, 0.2) is 0 Å². The second-order valence-corrected chi connectivity index (χ2v) is 6.22. The maximum absolute atomic E-state index is 10.6. The van der Waals surface area contributed by atoms with Crippen LogP contribution >= 0.6 is 11.8 Å². The highest BCUT2D eigenvalue weighted by Gasteiger charge is 2.44. The lowest BCUT2D eigenvalue weighted by Gasteiger charge is -2.35. The average Bonchev–Trinajstić information content (AvgIpc) is 2.60. The molecule has 2 fully saturated rings. The first kappa shape index (κ1) is 9.67. The number of nitrogens with zero attached hydrogens (tertiary/aromatic N) is 1. The van der Waals surface area contributed by atoms with E-state index in [1.165, 1.54) is 12.8 Å². The van der Waals surface area contributed by atoms with Crippen LogP contribution in [0.3, 0.4) is 0 Å². The second kappa shape index (κ2) is 3.49. The van der Waals surface area contributed by atoms with Crippen LogP contribution in [0, 0.1) is 0 Å². The Labute approximate surface area is 94.1 Å². The number of hydrogen-bond donors (Lipinski definition) is 1. The molecule has 3 heterocycles. The highest BCUT2D eigenvalue weighted by Crippen LogP contribution is 2.50. The van der Waals surface area contributed by atoms with E-state index in [0.29, 0.717) is 10.5 Å². The maximum Gasteiger partial charge on any atom is 0.109 e. The van der Waals surface area contributed by atoms with Crippen LogP contribution in [0.2, 0.25) is 0 Å². The van der Waals surface area contributed by atoms with Crippen molar-refractivity contribution in [3.05, 3.63) is 30.1 Å². The molecule has 1 aromatic rings. The molecule has 0 aliphatic carbocycles. The van der Waals surface area contributed by atoms with E-state index in [9.17, 15) is 5.11 Å². The molecular formula is C12H15NOS. The van der Waals surface area contributed by atoms with Gasteiger partial charge >= 0.3 is 0 Å². The number of aromatic nitrogens is 1. The van der Waals surface area contributed by atoms with Crippen molar-refractivity contribution in [1.82, 2.24) is 4.98 Å². The van der Waals surface area contributed by atoms with Gasteiger partial charge in [0.05, 0.1) is 5.69 Å². The van der Waals surface area contributed by atoms with Crippen molar-refractivity contribution in [3.63, 3.8) is 0 Å². The van der Waals surface area contributed by atoms with E-state index in [0.717, 1.165) is 18.5 Å². The predicted octanol–water partition coefficient (Wildman–Crippen LogP) is 2.33. The molecule has 80 valence electrons. The van der Waals surface area contributed by atoms with Gasteiger partial charge in [-0.3, -0.25) is 4.98 Å². The summed E-state index contributed by atoms with van der Waals surface area (Å²) in [6.07, 6.45) is 6.07. The summed E-state index contributed by atoms with van der Waals surface area (Å²) in [7, 11) is 0. The minimum absolute atomic E-state index is 0.649. The smallest absolute Gasteiger partial charge is 0.109 e. The van der Waals surface area contributed by atoms with Gasteiger partial charge in [-0.25, -0.2) is 0 Å². The number of thioether (sulfide) groups is 1. The Morgan fingerprint density at radius 3 is 2.60 bits per heavy atom. The van der Waals surface area contributed by atoms with Gasteiger partial charge < -0.3 is 5.11 Å². The van der Waals surface area contributed by atoms with Crippen molar-refractivity contribution in [2.24, 2.45) is 0 Å². The summed E-state index contributed by atoms with van der Waals surface area (Å²) < 4.78 is 0. The summed E-state index contributed by atoms with van der Waals surface area (Å²) in [6, 6.07) is 5.82. The van der Waals surface area contributed by atoms with Crippen LogP contribution in [0.4, 0.5) is 0 Å². The van der Waals surface area contributed by atoms with E-state index in [4.69, 9.17) is 0 Å². The molecule has 2 atom stereocenters. The SMILES string of the molecule is OC1(c2ccccn2)CC2CCC(C1)S2. The molecule has 2 unspecified atom stereocenters. The molecule has 2 bridgehead atoms. The monoisotopic (exact) mass is 221 g/mol. The molecule has 3 rings (SSSR count). The molecule has 1 aromatic heterocycles. The number of hydrogen-bond acceptors (Lipinski definition) is 3. The Morgan fingerprint density at radius 1 is 1.27 bits per heavy atom. The lowest BCUT2D eigenvalue weighted by atomic mass is 9.89. The van der Waals surface area contributed by atoms with E-state index in [1.54, 1.807) is 6.20 Å². The van der Waals surface area contributed by atoms with E-state index in [-0.39, 0.29) is 0 Å². The summed E-state index contributed by atoms with van der Waals surface area (Å²) in [5.41, 5.74) is 0.209. The third-order valence-corrected chi connectivity index (χ3v) is 5.04. The molecule has 2 nitrogen and oxygen atoms in total. The van der Waals surface area contributed by atoms with Crippen LogP contribution in [0.5, 0.6) is 0 Å². The summed E-state index contributed by atoms with van der Waals surface area (Å²) in [5.74, 6) is 0. The largest absolute Gasteiger partial charge is 0.383 e. The molecule has 0 spiro atoms. The number of fused-ring (bicyclic) bond motifs is 2. The Balaban J connectivity index is 1.91. The van der Waals surface area contributed by atoms with Crippen LogP contribution in [0.1, 0.15) is 31.4 Å². The first-order valence-corrected chi connectivity index (χ1v) is 6.50. The zero-order valence-corrected chi connectivity index (χ0v) is 9.41. The van der Waals surface area contributed by atoms with Crippen LogP contribution in [0.15, 0.2) is 24.4 Å². The van der Waals surface area contributed by atoms with E-state index in [2.05, 4.69) is 16.7 Å². The molecule has 0 radical (unpaired) electrons. The maximum atomic E-state index is 10.6. The summed E-state index contributed by atoms with van der Waals surface area (Å²) in [6.45, 7) is 0. The molecular weight excluding hydrogens is 206 g/mol. The second-order valence-electron chi connectivity index (χ2n) is 4.61. The van der Waals surface area contributed by atoms with Gasteiger partial charge in [0.2, 0.25) is 0 Å². The van der Waals surface area contributed by atoms with Gasteiger partial charge in [0.1, 0.15) is 5.60 Å². The van der Waals surface area contributed by atoms with Crippen molar-refractivity contribution in [2.75, 3.05) is 0 Å². The van der Waals surface area contributed by atoms with Gasteiger partial charge in [-0.15, -0.1) is 0 Å². The Kier molecular flexibility index (Phi) is 2.25. The van der Waals surface area contributed by atoms with E-state index < -0.39 is 5.60 Å². The summed E-state index contributed by atoms with van der Waals surface area (Å²) in [5, 5.41) is 11.9. The normalized spacial score (nSPS) is 39.3. The molecule has 0 aromatic carbocycles. The highest BCUT2D eigenvalue weighted by atomic mass is 32.2. The Bertz CT molecular complexity index is 342. The highest BCUT2D eigenvalue weighted by molar-refractivity contribution is 8.00. The van der Waals surface area contributed by atoms with Gasteiger partial charge in [0, 0.05) is 16.7 Å². The fourth-order valence-corrected chi connectivity index (χ4v) is 4.60. The fourth-order valence-electron chi connectivity index (χ4n) is 2.76. The minimum Gasteiger partial charge on any atom is -0.383 e. The zero-order valence-electron chi connectivity index (χ0n) is 8.60. The van der Waals surface area contributed by atoms with Gasteiger partial charge in [0.25, 0.3) is 0 Å². The van der Waals surface area contributed by atoms with Crippen molar-refractivity contribution in [1.29, 1.82) is 0 Å². The number of rotatable bonds is 1. The van der Waals surface area contributed by atoms with Crippen LogP contribution in [-0.4, -0.2) is 20.6 Å². The molecule has 2 aliphatic heterocycles. The Morgan fingerprint density at radius 2 is 2.00 bits per heavy atom. The average molecular weight is 221 g/mol. The first-order valence-electron chi connectivity index (χ1n) is 5.56. The van der Waals surface area contributed by atoms with Crippen LogP contribution in [-0.2, 0) is 5.60 Å². The Hall–Kier alpha value is -0.540. The van der Waals surface area contributed by atoms with Gasteiger partial charge in [-0.2, -0.15) is 11.8 Å². The fraction of sp³-hybridized carbons (Fsp3) is 0.583. The van der Waals surface area contributed by atoms with Crippen LogP contribution < -0.4 is 0 Å². The quantitative estimate of drug-likeness (QED) is 0.790. The third-order valence-electron chi connectivity index (χ3n) is 3.47. The predicted molar refractivity (Wildman–Crippen MR) is 61.8 cm³/mol. The minimum atomic E-state index is -0.654. The molecule has 0 saturated carbocycles. The lowest BCUT2D eigenvalue weighted by Crippen LogP contribution is -2.35. The standard InChI is InChI=1S/C12H15NOS/c14-12(11-3-1-2-6-13-11)7-9-4-5-10(8-12)15-9/h1-3,6,9-10,14H,4-5,7-8H2. The number of aliphatic hydroxyl groups is 1. The summed E-state index contributed by atoms with van der Waals surface area (Å²) in [4.78, 5) is 4.31.